The third-order valence-electron chi connectivity index (χ3n) is 2.53. The van der Waals surface area contributed by atoms with Crippen LogP contribution in [0.2, 0.25) is 0 Å². The zero-order chi connectivity index (χ0) is 13.7. The second-order valence-electron chi connectivity index (χ2n) is 3.99. The average molecular weight is 259 g/mol. The first-order valence-electron chi connectivity index (χ1n) is 5.80. The van der Waals surface area contributed by atoms with Gasteiger partial charge in [0.2, 0.25) is 0 Å². The number of carbonyl (C=O) groups excluding carboxylic acids is 1. The van der Waals surface area contributed by atoms with Crippen molar-refractivity contribution in [2.75, 3.05) is 10.6 Å². The summed E-state index contributed by atoms with van der Waals surface area (Å²) in [5.74, 6) is -0.398. The number of nitrogens with one attached hydrogen (secondary N) is 2. The largest absolute Gasteiger partial charge is 0.326 e. The van der Waals surface area contributed by atoms with E-state index in [0.717, 1.165) is 5.56 Å². The van der Waals surface area contributed by atoms with Crippen molar-refractivity contribution >= 4 is 17.4 Å². The van der Waals surface area contributed by atoms with Crippen LogP contribution in [0.1, 0.15) is 5.56 Å². The Balaban J connectivity index is 1.97. The van der Waals surface area contributed by atoms with Gasteiger partial charge in [0.1, 0.15) is 5.82 Å². The molecule has 0 fully saturated rings. The van der Waals surface area contributed by atoms with Gasteiger partial charge in [-0.15, -0.1) is 0 Å². The summed E-state index contributed by atoms with van der Waals surface area (Å²) in [5, 5.41) is 5.19. The summed E-state index contributed by atoms with van der Waals surface area (Å²) in [4.78, 5) is 11.7. The average Bonchev–Trinajstić information content (AvgIpc) is 2.39. The van der Waals surface area contributed by atoms with Crippen LogP contribution in [0.4, 0.5) is 20.6 Å². The number of hydrogen-bond donors (Lipinski definition) is 3. The van der Waals surface area contributed by atoms with E-state index in [0.29, 0.717) is 17.9 Å². The van der Waals surface area contributed by atoms with Crippen molar-refractivity contribution in [3.8, 4) is 0 Å². The molecule has 0 heterocycles. The van der Waals surface area contributed by atoms with Crippen molar-refractivity contribution < 1.29 is 9.18 Å². The van der Waals surface area contributed by atoms with Gasteiger partial charge >= 0.3 is 6.03 Å². The van der Waals surface area contributed by atoms with Crippen LogP contribution in [-0.2, 0) is 6.54 Å². The van der Waals surface area contributed by atoms with Gasteiger partial charge in [-0.2, -0.15) is 0 Å². The molecule has 2 aromatic rings. The molecule has 19 heavy (non-hydrogen) atoms. The van der Waals surface area contributed by atoms with E-state index in [1.54, 1.807) is 18.2 Å². The maximum atomic E-state index is 12.9. The number of carbonyl (C=O) groups is 1. The molecule has 2 amide bonds. The highest BCUT2D eigenvalue weighted by Crippen LogP contribution is 2.12. The zero-order valence-electron chi connectivity index (χ0n) is 10.2. The van der Waals surface area contributed by atoms with Crippen molar-refractivity contribution in [3.05, 3.63) is 59.9 Å². The standard InChI is InChI=1S/C14H14FN3O/c15-11-2-1-3-13(8-11)18-14(19)17-12-6-4-10(9-16)5-7-12/h1-8H,9,16H2,(H2,17,18,19). The molecule has 2 aromatic carbocycles. The molecular formula is C14H14FN3O. The molecule has 4 nitrogen and oxygen atoms in total. The van der Waals surface area contributed by atoms with E-state index in [9.17, 15) is 9.18 Å². The van der Waals surface area contributed by atoms with Gasteiger partial charge in [-0.3, -0.25) is 0 Å². The van der Waals surface area contributed by atoms with Crippen molar-refractivity contribution in [2.24, 2.45) is 5.73 Å². The van der Waals surface area contributed by atoms with Crippen LogP contribution in [-0.4, -0.2) is 6.03 Å². The van der Waals surface area contributed by atoms with Crippen LogP contribution in [0.25, 0.3) is 0 Å². The molecule has 0 aromatic heterocycles. The fraction of sp³-hybridized carbons (Fsp3) is 0.0714. The van der Waals surface area contributed by atoms with Gasteiger partial charge in [0.05, 0.1) is 0 Å². The van der Waals surface area contributed by atoms with E-state index >= 15 is 0 Å². The summed E-state index contributed by atoms with van der Waals surface area (Å²) in [6.07, 6.45) is 0. The molecule has 0 bridgehead atoms. The number of urea groups is 1. The number of nitrogens with two attached hydrogens (primary N) is 1. The SMILES string of the molecule is NCc1ccc(NC(=O)Nc2cccc(F)c2)cc1. The van der Waals surface area contributed by atoms with Crippen LogP contribution in [0, 0.1) is 5.82 Å². The summed E-state index contributed by atoms with van der Waals surface area (Å²) in [6.45, 7) is 0.454. The predicted octanol–water partition coefficient (Wildman–Crippen LogP) is 2.93. The maximum Gasteiger partial charge on any atom is 0.323 e. The molecule has 0 spiro atoms. The number of amides is 2. The van der Waals surface area contributed by atoms with E-state index in [4.69, 9.17) is 5.73 Å². The summed E-state index contributed by atoms with van der Waals surface area (Å²) in [7, 11) is 0. The number of benzene rings is 2. The van der Waals surface area contributed by atoms with Crippen LogP contribution in [0.5, 0.6) is 0 Å². The van der Waals surface area contributed by atoms with E-state index in [2.05, 4.69) is 10.6 Å². The molecule has 0 unspecified atom stereocenters. The topological polar surface area (TPSA) is 67.1 Å². The van der Waals surface area contributed by atoms with E-state index in [1.807, 2.05) is 12.1 Å². The van der Waals surface area contributed by atoms with Gasteiger partial charge in [-0.25, -0.2) is 9.18 Å². The molecule has 0 aliphatic rings. The number of rotatable bonds is 3. The Morgan fingerprint density at radius 1 is 1.05 bits per heavy atom. The lowest BCUT2D eigenvalue weighted by molar-refractivity contribution is 0.262. The number of halogens is 1. The zero-order valence-corrected chi connectivity index (χ0v) is 10.2. The van der Waals surface area contributed by atoms with Crippen LogP contribution < -0.4 is 16.4 Å². The molecule has 5 heteroatoms. The second kappa shape index (κ2) is 5.97. The molecule has 98 valence electrons. The van der Waals surface area contributed by atoms with Gasteiger partial charge in [0.25, 0.3) is 0 Å². The molecule has 0 atom stereocenters. The Bertz CT molecular complexity index is 569. The highest BCUT2D eigenvalue weighted by Gasteiger charge is 2.03. The lowest BCUT2D eigenvalue weighted by Gasteiger charge is -2.08. The normalized spacial score (nSPS) is 10.0. The first kappa shape index (κ1) is 13.0. The van der Waals surface area contributed by atoms with Gasteiger partial charge < -0.3 is 16.4 Å². The van der Waals surface area contributed by atoms with Gasteiger partial charge in [-0.1, -0.05) is 18.2 Å². The quantitative estimate of drug-likeness (QED) is 0.793. The molecule has 4 N–H and O–H groups in total. The summed E-state index contributed by atoms with van der Waals surface area (Å²) >= 11 is 0. The third-order valence-corrected chi connectivity index (χ3v) is 2.53. The van der Waals surface area contributed by atoms with Crippen LogP contribution in [0.15, 0.2) is 48.5 Å². The fourth-order valence-corrected chi connectivity index (χ4v) is 1.58. The fourth-order valence-electron chi connectivity index (χ4n) is 1.58. The minimum Gasteiger partial charge on any atom is -0.326 e. The predicted molar refractivity (Wildman–Crippen MR) is 73.4 cm³/mol. The van der Waals surface area contributed by atoms with Crippen molar-refractivity contribution in [2.45, 2.75) is 6.54 Å². The van der Waals surface area contributed by atoms with Crippen molar-refractivity contribution in [1.82, 2.24) is 0 Å². The molecule has 0 saturated heterocycles. The number of anilines is 2. The minimum absolute atomic E-state index is 0.398. The summed E-state index contributed by atoms with van der Waals surface area (Å²) in [5.41, 5.74) is 7.51. The molecular weight excluding hydrogens is 245 g/mol. The Labute approximate surface area is 110 Å². The highest BCUT2D eigenvalue weighted by molar-refractivity contribution is 5.99. The van der Waals surface area contributed by atoms with E-state index < -0.39 is 11.8 Å². The van der Waals surface area contributed by atoms with E-state index in [-0.39, 0.29) is 0 Å². The molecule has 0 aliphatic heterocycles. The Hall–Kier alpha value is -2.40. The highest BCUT2D eigenvalue weighted by atomic mass is 19.1. The van der Waals surface area contributed by atoms with Crippen LogP contribution in [0.3, 0.4) is 0 Å². The summed E-state index contributed by atoms with van der Waals surface area (Å²) < 4.78 is 12.9. The Morgan fingerprint density at radius 2 is 1.74 bits per heavy atom. The molecule has 0 aliphatic carbocycles. The first-order valence-corrected chi connectivity index (χ1v) is 5.80. The lowest BCUT2D eigenvalue weighted by atomic mass is 10.2. The Kier molecular flexibility index (Phi) is 4.10. The first-order chi connectivity index (χ1) is 9.17. The van der Waals surface area contributed by atoms with E-state index in [1.165, 1.54) is 18.2 Å². The monoisotopic (exact) mass is 259 g/mol. The minimum atomic E-state index is -0.425. The van der Waals surface area contributed by atoms with Gasteiger partial charge in [-0.05, 0) is 35.9 Å². The van der Waals surface area contributed by atoms with Crippen LogP contribution >= 0.6 is 0 Å². The lowest BCUT2D eigenvalue weighted by Crippen LogP contribution is -2.19. The van der Waals surface area contributed by atoms with Crippen molar-refractivity contribution in [3.63, 3.8) is 0 Å². The van der Waals surface area contributed by atoms with Gasteiger partial charge in [0.15, 0.2) is 0 Å². The second-order valence-corrected chi connectivity index (χ2v) is 3.99. The molecule has 0 saturated carbocycles. The molecule has 2 rings (SSSR count). The summed E-state index contributed by atoms with van der Waals surface area (Å²) in [6, 6.07) is 12.5. The van der Waals surface area contributed by atoms with Crippen molar-refractivity contribution in [1.29, 1.82) is 0 Å². The number of hydrogen-bond acceptors (Lipinski definition) is 2. The maximum absolute atomic E-state index is 12.9. The third kappa shape index (κ3) is 3.79. The van der Waals surface area contributed by atoms with Gasteiger partial charge in [0, 0.05) is 17.9 Å². The molecule has 0 radical (unpaired) electrons. The smallest absolute Gasteiger partial charge is 0.323 e. The Morgan fingerprint density at radius 3 is 2.37 bits per heavy atom.